The molecule has 0 saturated heterocycles. The van der Waals surface area contributed by atoms with Crippen LogP contribution in [-0.4, -0.2) is 6.04 Å². The van der Waals surface area contributed by atoms with Gasteiger partial charge in [-0.25, -0.2) is 4.39 Å². The third-order valence-corrected chi connectivity index (χ3v) is 3.54. The summed E-state index contributed by atoms with van der Waals surface area (Å²) in [5, 5.41) is 0. The molecule has 0 aliphatic rings. The van der Waals surface area contributed by atoms with Gasteiger partial charge in [-0.1, -0.05) is 28.1 Å². The van der Waals surface area contributed by atoms with Crippen LogP contribution in [0.3, 0.4) is 0 Å². The maximum Gasteiger partial charge on any atom is 0.138 e. The lowest BCUT2D eigenvalue weighted by Gasteiger charge is -2.23. The molecule has 0 amide bonds. The summed E-state index contributed by atoms with van der Waals surface area (Å²) in [5.41, 5.74) is 7.56. The molecular formula is C16H17BrFNO. The molecule has 0 heterocycles. The molecule has 2 nitrogen and oxygen atoms in total. The zero-order valence-electron chi connectivity index (χ0n) is 11.4. The Morgan fingerprint density at radius 3 is 2.55 bits per heavy atom. The molecule has 0 bridgehead atoms. The van der Waals surface area contributed by atoms with Crippen molar-refractivity contribution in [2.75, 3.05) is 0 Å². The van der Waals surface area contributed by atoms with Crippen molar-refractivity contribution in [2.45, 2.75) is 26.0 Å². The molecule has 4 heteroatoms. The molecule has 2 rings (SSSR count). The predicted octanol–water partition coefficient (Wildman–Crippen LogP) is 4.36. The van der Waals surface area contributed by atoms with E-state index in [2.05, 4.69) is 15.9 Å². The first-order chi connectivity index (χ1) is 9.47. The summed E-state index contributed by atoms with van der Waals surface area (Å²) in [6.07, 6.45) is -0.280. The minimum Gasteiger partial charge on any atom is -0.484 e. The monoisotopic (exact) mass is 337 g/mol. The predicted molar refractivity (Wildman–Crippen MR) is 82.3 cm³/mol. The summed E-state index contributed by atoms with van der Waals surface area (Å²) in [4.78, 5) is 0. The Hall–Kier alpha value is -1.39. The Bertz CT molecular complexity index is 601. The lowest BCUT2D eigenvalue weighted by molar-refractivity contribution is 0.180. The fourth-order valence-corrected chi connectivity index (χ4v) is 2.42. The van der Waals surface area contributed by atoms with Crippen molar-refractivity contribution in [2.24, 2.45) is 5.73 Å². The molecule has 0 radical (unpaired) electrons. The van der Waals surface area contributed by atoms with Crippen LogP contribution < -0.4 is 10.5 Å². The van der Waals surface area contributed by atoms with E-state index in [-0.39, 0.29) is 18.0 Å². The molecule has 0 fully saturated rings. The molecule has 0 aromatic heterocycles. The zero-order chi connectivity index (χ0) is 14.7. The van der Waals surface area contributed by atoms with Crippen molar-refractivity contribution in [3.63, 3.8) is 0 Å². The normalized spacial score (nSPS) is 13.8. The first-order valence-electron chi connectivity index (χ1n) is 6.41. The summed E-state index contributed by atoms with van der Waals surface area (Å²) in [7, 11) is 0. The molecule has 2 N–H and O–H groups in total. The van der Waals surface area contributed by atoms with Gasteiger partial charge in [-0.3, -0.25) is 0 Å². The van der Waals surface area contributed by atoms with Gasteiger partial charge in [-0.2, -0.15) is 0 Å². The van der Waals surface area contributed by atoms with E-state index in [1.165, 1.54) is 6.07 Å². The second-order valence-electron chi connectivity index (χ2n) is 4.86. The van der Waals surface area contributed by atoms with Crippen LogP contribution in [-0.2, 0) is 0 Å². The van der Waals surface area contributed by atoms with Gasteiger partial charge < -0.3 is 10.5 Å². The Morgan fingerprint density at radius 1 is 1.20 bits per heavy atom. The Balaban J connectivity index is 2.28. The van der Waals surface area contributed by atoms with Gasteiger partial charge in [0, 0.05) is 10.5 Å². The highest BCUT2D eigenvalue weighted by Gasteiger charge is 2.18. The molecule has 2 atom stereocenters. The van der Waals surface area contributed by atoms with E-state index in [0.29, 0.717) is 11.3 Å². The van der Waals surface area contributed by atoms with Gasteiger partial charge in [0.05, 0.1) is 0 Å². The fraction of sp³-hybridized carbons (Fsp3) is 0.250. The number of hydrogen-bond acceptors (Lipinski definition) is 2. The van der Waals surface area contributed by atoms with E-state index in [1.54, 1.807) is 19.1 Å². The SMILES string of the molecule is Cc1cc(OC(c2cccc(Br)c2)C(C)N)ccc1F. The lowest BCUT2D eigenvalue weighted by atomic mass is 10.0. The number of benzene rings is 2. The van der Waals surface area contributed by atoms with Crippen LogP contribution in [0.15, 0.2) is 46.9 Å². The van der Waals surface area contributed by atoms with E-state index < -0.39 is 0 Å². The third-order valence-electron chi connectivity index (χ3n) is 3.05. The number of hydrogen-bond donors (Lipinski definition) is 1. The summed E-state index contributed by atoms with van der Waals surface area (Å²) in [6, 6.07) is 12.4. The highest BCUT2D eigenvalue weighted by molar-refractivity contribution is 9.10. The van der Waals surface area contributed by atoms with Crippen molar-refractivity contribution >= 4 is 15.9 Å². The van der Waals surface area contributed by atoms with Crippen LogP contribution in [0.2, 0.25) is 0 Å². The van der Waals surface area contributed by atoms with Gasteiger partial charge in [0.1, 0.15) is 17.7 Å². The Kier molecular flexibility index (Phi) is 4.78. The largest absolute Gasteiger partial charge is 0.484 e. The molecule has 0 aliphatic carbocycles. The maximum atomic E-state index is 13.3. The molecule has 0 aliphatic heterocycles. The maximum absolute atomic E-state index is 13.3. The Morgan fingerprint density at radius 2 is 1.95 bits per heavy atom. The van der Waals surface area contributed by atoms with Crippen LogP contribution in [0.1, 0.15) is 24.2 Å². The van der Waals surface area contributed by atoms with Gasteiger partial charge >= 0.3 is 0 Å². The van der Waals surface area contributed by atoms with Crippen molar-refractivity contribution < 1.29 is 9.13 Å². The highest BCUT2D eigenvalue weighted by atomic mass is 79.9. The molecule has 2 unspecified atom stereocenters. The van der Waals surface area contributed by atoms with Crippen molar-refractivity contribution in [3.8, 4) is 5.75 Å². The molecule has 106 valence electrons. The average Bonchev–Trinajstić information content (AvgIpc) is 2.39. The Labute approximate surface area is 126 Å². The van der Waals surface area contributed by atoms with E-state index in [1.807, 2.05) is 31.2 Å². The summed E-state index contributed by atoms with van der Waals surface area (Å²) < 4.78 is 20.2. The minimum atomic E-state index is -0.280. The van der Waals surface area contributed by atoms with Crippen molar-refractivity contribution in [1.29, 1.82) is 0 Å². The highest BCUT2D eigenvalue weighted by Crippen LogP contribution is 2.27. The van der Waals surface area contributed by atoms with Crippen molar-refractivity contribution in [3.05, 3.63) is 63.9 Å². The fourth-order valence-electron chi connectivity index (χ4n) is 2.00. The summed E-state index contributed by atoms with van der Waals surface area (Å²) >= 11 is 3.44. The quantitative estimate of drug-likeness (QED) is 0.899. The van der Waals surface area contributed by atoms with Crippen LogP contribution in [0.4, 0.5) is 4.39 Å². The number of halogens is 2. The van der Waals surface area contributed by atoms with Crippen LogP contribution in [0.25, 0.3) is 0 Å². The second kappa shape index (κ2) is 6.37. The van der Waals surface area contributed by atoms with Gasteiger partial charge in [0.15, 0.2) is 0 Å². The molecule has 2 aromatic rings. The molecule has 0 spiro atoms. The molecule has 20 heavy (non-hydrogen) atoms. The molecule has 2 aromatic carbocycles. The average molecular weight is 338 g/mol. The number of aryl methyl sites for hydroxylation is 1. The second-order valence-corrected chi connectivity index (χ2v) is 5.78. The summed E-state index contributed by atoms with van der Waals surface area (Å²) in [5.74, 6) is 0.378. The van der Waals surface area contributed by atoms with Crippen molar-refractivity contribution in [1.82, 2.24) is 0 Å². The van der Waals surface area contributed by atoms with E-state index in [9.17, 15) is 4.39 Å². The van der Waals surface area contributed by atoms with Crippen LogP contribution in [0, 0.1) is 12.7 Å². The van der Waals surface area contributed by atoms with Crippen LogP contribution >= 0.6 is 15.9 Å². The first kappa shape index (κ1) is 15.0. The number of nitrogens with two attached hydrogens (primary N) is 1. The van der Waals surface area contributed by atoms with E-state index >= 15 is 0 Å². The van der Waals surface area contributed by atoms with Gasteiger partial charge in [-0.05, 0) is 55.3 Å². The van der Waals surface area contributed by atoms with E-state index in [4.69, 9.17) is 10.5 Å². The van der Waals surface area contributed by atoms with Gasteiger partial charge in [-0.15, -0.1) is 0 Å². The first-order valence-corrected chi connectivity index (χ1v) is 7.20. The molecule has 0 saturated carbocycles. The number of rotatable bonds is 4. The summed E-state index contributed by atoms with van der Waals surface area (Å²) in [6.45, 7) is 3.60. The molecular weight excluding hydrogens is 321 g/mol. The lowest BCUT2D eigenvalue weighted by Crippen LogP contribution is -2.29. The minimum absolute atomic E-state index is 0.186. The smallest absolute Gasteiger partial charge is 0.138 e. The van der Waals surface area contributed by atoms with Crippen LogP contribution in [0.5, 0.6) is 5.75 Å². The number of ether oxygens (including phenoxy) is 1. The standard InChI is InChI=1S/C16H17BrFNO/c1-10-8-14(6-7-15(10)18)20-16(11(2)19)12-4-3-5-13(17)9-12/h3-9,11,16H,19H2,1-2H3. The topological polar surface area (TPSA) is 35.2 Å². The van der Waals surface area contributed by atoms with E-state index in [0.717, 1.165) is 10.0 Å². The van der Waals surface area contributed by atoms with Gasteiger partial charge in [0.25, 0.3) is 0 Å². The van der Waals surface area contributed by atoms with Gasteiger partial charge in [0.2, 0.25) is 0 Å². The zero-order valence-corrected chi connectivity index (χ0v) is 13.0. The third kappa shape index (κ3) is 3.58.